The lowest BCUT2D eigenvalue weighted by Gasteiger charge is -2.52. The van der Waals surface area contributed by atoms with Crippen LogP contribution in [0, 0.1) is 0 Å². The molecule has 2 fully saturated rings. The number of isocyanates is 1. The molecule has 14 nitrogen and oxygen atoms in total. The predicted octanol–water partition coefficient (Wildman–Crippen LogP) is 11.2. The topological polar surface area (TPSA) is 165 Å². The third-order valence-electron chi connectivity index (χ3n) is 11.0. The first-order chi connectivity index (χ1) is 29.8. The molecule has 2 N–H and O–H groups in total. The van der Waals surface area contributed by atoms with E-state index in [9.17, 15) is 24.0 Å². The van der Waals surface area contributed by atoms with Crippen LogP contribution in [0.2, 0.25) is 0 Å². The van der Waals surface area contributed by atoms with Crippen molar-refractivity contribution in [3.8, 4) is 0 Å². The Hall–Kier alpha value is -5.56. The van der Waals surface area contributed by atoms with Gasteiger partial charge in [0.1, 0.15) is 12.2 Å². The number of ether oxygens (including phenoxy) is 2. The van der Waals surface area contributed by atoms with Gasteiger partial charge in [0.25, 0.3) is 0 Å². The average Bonchev–Trinajstić information content (AvgIpc) is 3.20. The van der Waals surface area contributed by atoms with E-state index in [4.69, 9.17) is 19.1 Å². The molecule has 0 bridgehead atoms. The summed E-state index contributed by atoms with van der Waals surface area (Å²) >= 11 is 0. The van der Waals surface area contributed by atoms with Gasteiger partial charge in [0.05, 0.1) is 27.8 Å². The van der Waals surface area contributed by atoms with Gasteiger partial charge in [-0.1, -0.05) is 80.3 Å². The number of carbonyl (C=O) groups is 4. The maximum absolute atomic E-state index is 12.8. The highest BCUT2D eigenvalue weighted by Crippen LogP contribution is 2.41. The standard InChI is InChI=1S/C42H62N4O8.C7H5NO/c1-39(2)27-33(28-40(3,4)45(39)53-37(49)43-31-21-15-13-16-22-31)51-35(47)25-19-11-9-10-12-20-26-36(48)52-34-29-41(5,6)46(42(7,8)30-34)54-38(50)44-32-23-17-14-18-24-32;9-6-8-7-4-2-1-3-5-7/h13-18,21-24,33-34H,9-12,19-20,25-30H2,1-8H3,(H,43,49)(H,44,50);1-5H. The van der Waals surface area contributed by atoms with Crippen LogP contribution in [0.4, 0.5) is 26.7 Å². The lowest BCUT2D eigenvalue weighted by Crippen LogP contribution is -2.62. The van der Waals surface area contributed by atoms with Gasteiger partial charge >= 0.3 is 24.1 Å². The number of anilines is 2. The quantitative estimate of drug-likeness (QED) is 0.0609. The second kappa shape index (κ2) is 23.2. The maximum Gasteiger partial charge on any atom is 0.430 e. The minimum atomic E-state index is -0.558. The monoisotopic (exact) mass is 869 g/mol. The predicted molar refractivity (Wildman–Crippen MR) is 242 cm³/mol. The summed E-state index contributed by atoms with van der Waals surface area (Å²) in [5, 5.41) is 8.97. The number of rotatable bonds is 16. The molecule has 2 saturated heterocycles. The van der Waals surface area contributed by atoms with Gasteiger partial charge in [-0.15, -0.1) is 10.1 Å². The van der Waals surface area contributed by atoms with E-state index in [0.717, 1.165) is 38.5 Å². The molecule has 5 rings (SSSR count). The molecule has 0 aliphatic carbocycles. The summed E-state index contributed by atoms with van der Waals surface area (Å²) in [7, 11) is 0. The van der Waals surface area contributed by atoms with Gasteiger partial charge in [-0.2, -0.15) is 4.99 Å². The Bertz CT molecular complexity index is 1820. The van der Waals surface area contributed by atoms with Crippen LogP contribution in [-0.2, 0) is 33.5 Å². The molecule has 0 saturated carbocycles. The van der Waals surface area contributed by atoms with E-state index in [2.05, 4.69) is 15.6 Å². The number of esters is 2. The fraction of sp³-hybridized carbons (Fsp3) is 0.531. The molecule has 0 spiro atoms. The van der Waals surface area contributed by atoms with Gasteiger partial charge in [-0.25, -0.2) is 14.4 Å². The van der Waals surface area contributed by atoms with Crippen molar-refractivity contribution < 1.29 is 43.1 Å². The number of hydrogen-bond donors (Lipinski definition) is 2. The van der Waals surface area contributed by atoms with Gasteiger partial charge < -0.3 is 19.1 Å². The fourth-order valence-corrected chi connectivity index (χ4v) is 8.79. The number of piperidine rings is 2. The highest BCUT2D eigenvalue weighted by atomic mass is 16.7. The maximum atomic E-state index is 12.8. The average molecular weight is 870 g/mol. The molecule has 0 aromatic heterocycles. The number of benzene rings is 3. The molecule has 3 aromatic carbocycles. The second-order valence-electron chi connectivity index (χ2n) is 18.8. The van der Waals surface area contributed by atoms with Crippen molar-refractivity contribution in [2.24, 2.45) is 4.99 Å². The van der Waals surface area contributed by atoms with E-state index < -0.39 is 34.3 Å². The Morgan fingerprint density at radius 2 is 0.857 bits per heavy atom. The van der Waals surface area contributed by atoms with E-state index in [1.807, 2.05) is 110 Å². The Morgan fingerprint density at radius 3 is 1.19 bits per heavy atom. The molecule has 0 unspecified atom stereocenters. The van der Waals surface area contributed by atoms with Crippen LogP contribution < -0.4 is 10.6 Å². The summed E-state index contributed by atoms with van der Waals surface area (Å²) in [5.74, 6) is -0.408. The molecule has 2 aliphatic heterocycles. The zero-order chi connectivity index (χ0) is 46.1. The molecule has 2 amide bonds. The van der Waals surface area contributed by atoms with Crippen molar-refractivity contribution in [2.45, 2.75) is 167 Å². The van der Waals surface area contributed by atoms with Crippen LogP contribution in [-0.4, -0.2) is 74.7 Å². The first-order valence-corrected chi connectivity index (χ1v) is 22.0. The molecule has 0 atom stereocenters. The summed E-state index contributed by atoms with van der Waals surface area (Å²) in [6.45, 7) is 15.9. The normalized spacial score (nSPS) is 18.0. The Labute approximate surface area is 373 Å². The number of carbonyl (C=O) groups excluding carboxylic acids is 5. The van der Waals surface area contributed by atoms with Crippen LogP contribution in [0.5, 0.6) is 0 Å². The summed E-state index contributed by atoms with van der Waals surface area (Å²) in [5.41, 5.74) is -0.235. The van der Waals surface area contributed by atoms with E-state index in [1.165, 1.54) is 6.08 Å². The number of aliphatic imine (C=N–C) groups is 1. The van der Waals surface area contributed by atoms with E-state index >= 15 is 0 Å². The van der Waals surface area contributed by atoms with Crippen LogP contribution in [0.1, 0.15) is 132 Å². The summed E-state index contributed by atoms with van der Waals surface area (Å²) in [6, 6.07) is 27.3. The minimum absolute atomic E-state index is 0.204. The van der Waals surface area contributed by atoms with E-state index in [0.29, 0.717) is 55.6 Å². The first kappa shape index (κ1) is 50.1. The van der Waals surface area contributed by atoms with Gasteiger partial charge in [0, 0.05) is 49.9 Å². The van der Waals surface area contributed by atoms with Crippen LogP contribution in [0.15, 0.2) is 96.0 Å². The minimum Gasteiger partial charge on any atom is -0.462 e. The highest BCUT2D eigenvalue weighted by molar-refractivity contribution is 5.85. The lowest BCUT2D eigenvalue weighted by atomic mass is 9.80. The Morgan fingerprint density at radius 1 is 0.540 bits per heavy atom. The number of nitrogens with zero attached hydrogens (tertiary/aromatic N) is 3. The Kier molecular flexibility index (Phi) is 18.5. The summed E-state index contributed by atoms with van der Waals surface area (Å²) < 4.78 is 11.8. The van der Waals surface area contributed by atoms with Gasteiger partial charge in [0.2, 0.25) is 6.08 Å². The van der Waals surface area contributed by atoms with Crippen molar-refractivity contribution >= 4 is 47.3 Å². The fourth-order valence-electron chi connectivity index (χ4n) is 8.79. The molecule has 342 valence electrons. The molecule has 2 aliphatic rings. The van der Waals surface area contributed by atoms with Gasteiger partial charge in [-0.3, -0.25) is 20.2 Å². The molecular weight excluding hydrogens is 803 g/mol. The van der Waals surface area contributed by atoms with Gasteiger partial charge in [0.15, 0.2) is 0 Å². The number of amides is 2. The lowest BCUT2D eigenvalue weighted by molar-refractivity contribution is -0.254. The smallest absolute Gasteiger partial charge is 0.430 e. The van der Waals surface area contributed by atoms with Crippen molar-refractivity contribution in [1.82, 2.24) is 10.1 Å². The van der Waals surface area contributed by atoms with E-state index in [1.54, 1.807) is 46.5 Å². The molecular formula is C49H67N5O9. The van der Waals surface area contributed by atoms with Crippen molar-refractivity contribution in [3.63, 3.8) is 0 Å². The Balaban J connectivity index is 0.000000858. The van der Waals surface area contributed by atoms with Crippen molar-refractivity contribution in [1.29, 1.82) is 0 Å². The number of unbranched alkanes of at least 4 members (excludes halogenated alkanes) is 5. The molecule has 63 heavy (non-hydrogen) atoms. The van der Waals surface area contributed by atoms with Crippen LogP contribution in [0.25, 0.3) is 0 Å². The number of nitrogens with one attached hydrogen (secondary N) is 2. The third kappa shape index (κ3) is 16.6. The molecule has 2 heterocycles. The first-order valence-electron chi connectivity index (χ1n) is 22.0. The number of hydroxylamine groups is 4. The van der Waals surface area contributed by atoms with Gasteiger partial charge in [-0.05, 0) is 105 Å². The summed E-state index contributed by atoms with van der Waals surface area (Å²) in [6.07, 6.45) is 7.94. The van der Waals surface area contributed by atoms with Crippen molar-refractivity contribution in [2.75, 3.05) is 10.6 Å². The zero-order valence-corrected chi connectivity index (χ0v) is 38.3. The third-order valence-corrected chi connectivity index (χ3v) is 11.0. The largest absolute Gasteiger partial charge is 0.462 e. The molecule has 14 heteroatoms. The SMILES string of the molecule is CC1(C)CC(OC(=O)CCCCCCCCC(=O)OC2CC(C)(C)N(OC(=O)Nc3ccccc3)C(C)(C)C2)CC(C)(C)N1OC(=O)Nc1ccccc1.O=C=Nc1ccccc1. The number of para-hydroxylation sites is 3. The van der Waals surface area contributed by atoms with Crippen LogP contribution in [0.3, 0.4) is 0 Å². The number of hydrogen-bond acceptors (Lipinski definition) is 12. The molecule has 3 aromatic rings. The van der Waals surface area contributed by atoms with Crippen molar-refractivity contribution in [3.05, 3.63) is 91.0 Å². The zero-order valence-electron chi connectivity index (χ0n) is 38.3. The summed E-state index contributed by atoms with van der Waals surface area (Å²) in [4.78, 5) is 75.5. The second-order valence-corrected chi connectivity index (χ2v) is 18.8. The molecule has 0 radical (unpaired) electrons. The highest BCUT2D eigenvalue weighted by Gasteiger charge is 2.50. The van der Waals surface area contributed by atoms with E-state index in [-0.39, 0.29) is 24.1 Å². The van der Waals surface area contributed by atoms with Crippen LogP contribution >= 0.6 is 0 Å².